The molecule has 2 aliphatic heterocycles. The maximum atomic E-state index is 14.7. The first-order valence-electron chi connectivity index (χ1n) is 15.4. The Balaban J connectivity index is 1.08. The van der Waals surface area contributed by atoms with Gasteiger partial charge in [0.1, 0.15) is 18.2 Å². The van der Waals surface area contributed by atoms with Gasteiger partial charge >= 0.3 is 5.97 Å². The van der Waals surface area contributed by atoms with Crippen molar-refractivity contribution in [1.82, 2.24) is 24.5 Å². The van der Waals surface area contributed by atoms with Crippen LogP contribution in [0, 0.1) is 5.82 Å². The molecule has 6 rings (SSSR count). The summed E-state index contributed by atoms with van der Waals surface area (Å²) in [6, 6.07) is 15.5. The second-order valence-corrected chi connectivity index (χ2v) is 11.6. The molecule has 0 spiro atoms. The minimum atomic E-state index is -0.531. The van der Waals surface area contributed by atoms with Crippen molar-refractivity contribution in [2.45, 2.75) is 51.0 Å². The zero-order valence-corrected chi connectivity index (χ0v) is 26.3. The molecule has 4 aromatic rings. The molecule has 4 heterocycles. The third-order valence-corrected chi connectivity index (χ3v) is 8.78. The molecule has 0 saturated carbocycles. The topological polar surface area (TPSA) is 108 Å². The van der Waals surface area contributed by atoms with Crippen LogP contribution in [0.25, 0.3) is 11.0 Å². The van der Waals surface area contributed by atoms with Crippen LogP contribution in [0.2, 0.25) is 0 Å². The molecule has 0 bridgehead atoms. The van der Waals surface area contributed by atoms with Gasteiger partial charge in [0.05, 0.1) is 50.0 Å². The number of fused-ring (bicyclic) bond motifs is 1. The number of pyridine rings is 1. The fourth-order valence-corrected chi connectivity index (χ4v) is 5.91. The molecule has 2 saturated heterocycles. The first-order valence-corrected chi connectivity index (χ1v) is 15.4. The van der Waals surface area contributed by atoms with Crippen LogP contribution in [-0.2, 0) is 34.0 Å². The van der Waals surface area contributed by atoms with Crippen molar-refractivity contribution in [3.05, 3.63) is 88.6 Å². The molecule has 2 fully saturated rings. The number of esters is 1. The Morgan fingerprint density at radius 1 is 1.02 bits per heavy atom. The standard InChI is InChI=1S/C34H38FN5O6/c1-38(44-3)33(41)23-7-8-25(27(35)17-23)21-46-32-6-4-5-28(37-32)22-11-14-39(15-12-22)20-31-36-29-10-9-24(34(42)43-2)18-30(29)40(31)19-26-13-16-45-26/h4-10,17-18,22,26H,11-16,19-21H2,1-3H3. The van der Waals surface area contributed by atoms with E-state index in [1.165, 1.54) is 33.4 Å². The number of hydrogen-bond donors (Lipinski definition) is 0. The van der Waals surface area contributed by atoms with E-state index >= 15 is 0 Å². The summed E-state index contributed by atoms with van der Waals surface area (Å²) in [4.78, 5) is 41.4. The lowest BCUT2D eigenvalue weighted by Gasteiger charge is -2.32. The van der Waals surface area contributed by atoms with E-state index in [4.69, 9.17) is 29.0 Å². The highest BCUT2D eigenvalue weighted by Crippen LogP contribution is 2.30. The van der Waals surface area contributed by atoms with Crippen LogP contribution in [0.3, 0.4) is 0 Å². The van der Waals surface area contributed by atoms with E-state index < -0.39 is 11.7 Å². The van der Waals surface area contributed by atoms with Crippen LogP contribution >= 0.6 is 0 Å². The maximum absolute atomic E-state index is 14.7. The number of rotatable bonds is 11. The predicted molar refractivity (Wildman–Crippen MR) is 167 cm³/mol. The number of aromatic nitrogens is 3. The SMILES string of the molecule is COC(=O)c1ccc2nc(CN3CCC(c4cccc(OCc5ccc(C(=O)N(C)OC)cc5F)n4)CC3)n(CC3CCO3)c2c1. The summed E-state index contributed by atoms with van der Waals surface area (Å²) in [6.45, 7) is 3.90. The zero-order valence-electron chi connectivity index (χ0n) is 26.3. The predicted octanol–water partition coefficient (Wildman–Crippen LogP) is 4.74. The van der Waals surface area contributed by atoms with Crippen LogP contribution in [0.5, 0.6) is 5.88 Å². The normalized spacial score (nSPS) is 17.1. The van der Waals surface area contributed by atoms with E-state index in [1.807, 2.05) is 24.3 Å². The molecule has 1 atom stereocenters. The van der Waals surface area contributed by atoms with Crippen molar-refractivity contribution in [2.24, 2.45) is 0 Å². The summed E-state index contributed by atoms with van der Waals surface area (Å²) < 4.78 is 33.4. The van der Waals surface area contributed by atoms with E-state index in [-0.39, 0.29) is 30.2 Å². The van der Waals surface area contributed by atoms with Crippen molar-refractivity contribution in [2.75, 3.05) is 41.0 Å². The Kier molecular flexibility index (Phi) is 9.57. The maximum Gasteiger partial charge on any atom is 0.337 e. The van der Waals surface area contributed by atoms with Gasteiger partial charge in [-0.1, -0.05) is 12.1 Å². The first-order chi connectivity index (χ1) is 22.3. The number of hydroxylamine groups is 2. The van der Waals surface area contributed by atoms with Gasteiger partial charge in [-0.3, -0.25) is 14.5 Å². The van der Waals surface area contributed by atoms with Gasteiger partial charge in [0.25, 0.3) is 5.91 Å². The zero-order chi connectivity index (χ0) is 32.2. The molecule has 0 aliphatic carbocycles. The van der Waals surface area contributed by atoms with Gasteiger partial charge in [-0.2, -0.15) is 0 Å². The van der Waals surface area contributed by atoms with Crippen LogP contribution in [-0.4, -0.2) is 83.4 Å². The Bertz CT molecular complexity index is 1720. The lowest BCUT2D eigenvalue weighted by Crippen LogP contribution is -2.35. The van der Waals surface area contributed by atoms with E-state index in [2.05, 4.69) is 9.47 Å². The van der Waals surface area contributed by atoms with Gasteiger partial charge in [0, 0.05) is 42.5 Å². The molecular formula is C34H38FN5O6. The number of ether oxygens (including phenoxy) is 3. The summed E-state index contributed by atoms with van der Waals surface area (Å²) in [5.74, 6) is 0.310. The van der Waals surface area contributed by atoms with Crippen LogP contribution in [0.15, 0.2) is 54.6 Å². The van der Waals surface area contributed by atoms with E-state index in [9.17, 15) is 14.0 Å². The third kappa shape index (κ3) is 6.88. The number of amides is 1. The Hall–Kier alpha value is -4.39. The number of nitrogens with zero attached hydrogens (tertiary/aromatic N) is 5. The Morgan fingerprint density at radius 2 is 1.80 bits per heavy atom. The summed E-state index contributed by atoms with van der Waals surface area (Å²) in [5, 5.41) is 1.04. The lowest BCUT2D eigenvalue weighted by molar-refractivity contribution is -0.0757. The molecule has 12 heteroatoms. The lowest BCUT2D eigenvalue weighted by atomic mass is 9.93. The number of halogens is 1. The molecular weight excluding hydrogens is 593 g/mol. The number of imidazole rings is 1. The van der Waals surface area contributed by atoms with Gasteiger partial charge in [-0.25, -0.2) is 24.2 Å². The molecule has 242 valence electrons. The fraction of sp³-hybridized carbons (Fsp3) is 0.412. The average molecular weight is 632 g/mol. The van der Waals surface area contributed by atoms with Crippen LogP contribution in [0.4, 0.5) is 4.39 Å². The van der Waals surface area contributed by atoms with E-state index in [0.29, 0.717) is 30.1 Å². The van der Waals surface area contributed by atoms with Crippen molar-refractivity contribution < 1.29 is 33.0 Å². The Morgan fingerprint density at radius 3 is 2.50 bits per heavy atom. The molecule has 1 unspecified atom stereocenters. The number of hydrogen-bond acceptors (Lipinski definition) is 9. The molecule has 1 amide bonds. The highest BCUT2D eigenvalue weighted by molar-refractivity contribution is 5.94. The number of piperidine rings is 1. The highest BCUT2D eigenvalue weighted by atomic mass is 19.1. The summed E-state index contributed by atoms with van der Waals surface area (Å²) in [5.41, 5.74) is 3.73. The quantitative estimate of drug-likeness (QED) is 0.171. The number of likely N-dealkylation sites (tertiary alicyclic amines) is 1. The van der Waals surface area contributed by atoms with Gasteiger partial charge in [-0.15, -0.1) is 0 Å². The molecule has 2 aromatic carbocycles. The first kappa shape index (κ1) is 31.6. The molecule has 46 heavy (non-hydrogen) atoms. The Labute approximate surface area is 266 Å². The van der Waals surface area contributed by atoms with Crippen molar-refractivity contribution in [3.63, 3.8) is 0 Å². The molecule has 2 aliphatic rings. The molecule has 11 nitrogen and oxygen atoms in total. The fourth-order valence-electron chi connectivity index (χ4n) is 5.91. The monoisotopic (exact) mass is 631 g/mol. The van der Waals surface area contributed by atoms with Crippen molar-refractivity contribution in [3.8, 4) is 5.88 Å². The number of benzene rings is 2. The number of carbonyl (C=O) groups is 2. The highest BCUT2D eigenvalue weighted by Gasteiger charge is 2.26. The number of methoxy groups -OCH3 is 1. The summed E-state index contributed by atoms with van der Waals surface area (Å²) >= 11 is 0. The molecule has 0 radical (unpaired) electrons. The molecule has 0 N–H and O–H groups in total. The van der Waals surface area contributed by atoms with Gasteiger partial charge in [0.2, 0.25) is 5.88 Å². The van der Waals surface area contributed by atoms with Gasteiger partial charge in [0.15, 0.2) is 0 Å². The van der Waals surface area contributed by atoms with Crippen molar-refractivity contribution in [1.29, 1.82) is 0 Å². The second kappa shape index (κ2) is 13.9. The van der Waals surface area contributed by atoms with Gasteiger partial charge in [-0.05, 0) is 68.8 Å². The minimum absolute atomic E-state index is 0.0106. The van der Waals surface area contributed by atoms with Gasteiger partial charge < -0.3 is 18.8 Å². The average Bonchev–Trinajstić information content (AvgIpc) is 3.40. The van der Waals surface area contributed by atoms with E-state index in [1.54, 1.807) is 18.2 Å². The largest absolute Gasteiger partial charge is 0.473 e. The second-order valence-electron chi connectivity index (χ2n) is 11.6. The van der Waals surface area contributed by atoms with Crippen molar-refractivity contribution >= 4 is 22.9 Å². The smallest absolute Gasteiger partial charge is 0.337 e. The summed E-state index contributed by atoms with van der Waals surface area (Å²) in [7, 11) is 4.22. The minimum Gasteiger partial charge on any atom is -0.473 e. The van der Waals surface area contributed by atoms with Crippen LogP contribution < -0.4 is 4.74 Å². The summed E-state index contributed by atoms with van der Waals surface area (Å²) in [6.07, 6.45) is 3.00. The number of carbonyl (C=O) groups excluding carboxylic acids is 2. The third-order valence-electron chi connectivity index (χ3n) is 8.78. The molecule has 2 aromatic heterocycles. The van der Waals surface area contributed by atoms with E-state index in [0.717, 1.165) is 66.6 Å². The van der Waals surface area contributed by atoms with Crippen LogP contribution in [0.1, 0.15) is 63.0 Å².